The van der Waals surface area contributed by atoms with E-state index in [4.69, 9.17) is 14.7 Å². The van der Waals surface area contributed by atoms with Gasteiger partial charge < -0.3 is 14.6 Å². The summed E-state index contributed by atoms with van der Waals surface area (Å²) in [5.74, 6) is 1.66. The number of hydrogen-bond donors (Lipinski definition) is 1. The van der Waals surface area contributed by atoms with E-state index >= 15 is 0 Å². The zero-order valence-corrected chi connectivity index (χ0v) is 13.2. The van der Waals surface area contributed by atoms with E-state index in [0.29, 0.717) is 22.8 Å². The summed E-state index contributed by atoms with van der Waals surface area (Å²) < 4.78 is 11.6. The Labute approximate surface area is 131 Å². The Kier molecular flexibility index (Phi) is 4.84. The third-order valence-corrected chi connectivity index (χ3v) is 3.53. The third kappa shape index (κ3) is 3.75. The second-order valence-electron chi connectivity index (χ2n) is 4.48. The van der Waals surface area contributed by atoms with E-state index in [1.807, 2.05) is 0 Å². The molecule has 0 radical (unpaired) electrons. The summed E-state index contributed by atoms with van der Waals surface area (Å²) in [6.07, 6.45) is -0.544. The predicted molar refractivity (Wildman–Crippen MR) is 82.6 cm³/mol. The molecule has 0 bridgehead atoms. The molecule has 0 heterocycles. The van der Waals surface area contributed by atoms with E-state index in [1.165, 1.54) is 7.11 Å². The molecule has 5 heteroatoms. The van der Waals surface area contributed by atoms with Crippen LogP contribution in [0.25, 0.3) is 0 Å². The van der Waals surface area contributed by atoms with Crippen molar-refractivity contribution in [2.45, 2.75) is 13.0 Å². The van der Waals surface area contributed by atoms with Gasteiger partial charge in [0.2, 0.25) is 0 Å². The maximum absolute atomic E-state index is 9.55. The fraction of sp³-hybridized carbons (Fsp3) is 0.188. The number of benzene rings is 2. The summed E-state index contributed by atoms with van der Waals surface area (Å²) in [4.78, 5) is 0. The average Bonchev–Trinajstić information content (AvgIpc) is 2.48. The zero-order valence-electron chi connectivity index (χ0n) is 11.6. The van der Waals surface area contributed by atoms with Crippen LogP contribution < -0.4 is 9.47 Å². The maximum Gasteiger partial charge on any atom is 0.141 e. The lowest BCUT2D eigenvalue weighted by Gasteiger charge is -2.12. The largest absolute Gasteiger partial charge is 0.497 e. The van der Waals surface area contributed by atoms with E-state index in [2.05, 4.69) is 22.0 Å². The van der Waals surface area contributed by atoms with Gasteiger partial charge in [0.1, 0.15) is 17.2 Å². The first-order valence-electron chi connectivity index (χ1n) is 6.28. The quantitative estimate of drug-likeness (QED) is 0.901. The molecule has 2 rings (SSSR count). The van der Waals surface area contributed by atoms with Gasteiger partial charge in [-0.3, -0.25) is 0 Å². The van der Waals surface area contributed by atoms with Crippen LogP contribution in [-0.2, 0) is 0 Å². The average molecular weight is 348 g/mol. The van der Waals surface area contributed by atoms with Crippen molar-refractivity contribution in [3.05, 3.63) is 52.0 Å². The Morgan fingerprint density at radius 1 is 1.19 bits per heavy atom. The van der Waals surface area contributed by atoms with E-state index in [-0.39, 0.29) is 0 Å². The Balaban J connectivity index is 2.32. The molecule has 21 heavy (non-hydrogen) atoms. The highest BCUT2D eigenvalue weighted by atomic mass is 79.9. The van der Waals surface area contributed by atoms with Gasteiger partial charge in [-0.25, -0.2) is 0 Å². The highest BCUT2D eigenvalue weighted by molar-refractivity contribution is 9.10. The topological polar surface area (TPSA) is 62.5 Å². The smallest absolute Gasteiger partial charge is 0.141 e. The minimum absolute atomic E-state index is 0.459. The van der Waals surface area contributed by atoms with Crippen molar-refractivity contribution < 1.29 is 14.6 Å². The summed E-state index contributed by atoms with van der Waals surface area (Å²) in [5, 5.41) is 18.6. The SMILES string of the molecule is COc1cc(C#N)cc(Oc2ccc([C@H](C)O)cc2Br)c1. The number of nitriles is 1. The van der Waals surface area contributed by atoms with E-state index in [9.17, 15) is 5.11 Å². The highest BCUT2D eigenvalue weighted by Crippen LogP contribution is 2.33. The monoisotopic (exact) mass is 347 g/mol. The van der Waals surface area contributed by atoms with Crippen LogP contribution in [0, 0.1) is 11.3 Å². The Hall–Kier alpha value is -2.03. The van der Waals surface area contributed by atoms with Gasteiger partial charge in [0.15, 0.2) is 0 Å². The number of ether oxygens (including phenoxy) is 2. The lowest BCUT2D eigenvalue weighted by atomic mass is 10.1. The number of methoxy groups -OCH3 is 1. The lowest BCUT2D eigenvalue weighted by Crippen LogP contribution is -1.93. The van der Waals surface area contributed by atoms with Crippen LogP contribution in [0.1, 0.15) is 24.2 Å². The molecule has 0 aliphatic heterocycles. The molecule has 0 unspecified atom stereocenters. The van der Waals surface area contributed by atoms with Crippen molar-refractivity contribution in [2.24, 2.45) is 0 Å². The van der Waals surface area contributed by atoms with Crippen molar-refractivity contribution in [2.75, 3.05) is 7.11 Å². The first-order chi connectivity index (χ1) is 10.0. The predicted octanol–water partition coefficient (Wildman–Crippen LogP) is 4.17. The first-order valence-corrected chi connectivity index (χ1v) is 7.07. The number of hydrogen-bond acceptors (Lipinski definition) is 4. The van der Waals surface area contributed by atoms with Gasteiger partial charge in [-0.15, -0.1) is 0 Å². The van der Waals surface area contributed by atoms with Gasteiger partial charge in [0.25, 0.3) is 0 Å². The molecule has 0 spiro atoms. The number of aliphatic hydroxyl groups is 1. The molecule has 0 aliphatic rings. The number of rotatable bonds is 4. The second kappa shape index (κ2) is 6.61. The Morgan fingerprint density at radius 3 is 2.48 bits per heavy atom. The Bertz CT molecular complexity index is 692. The molecule has 1 N–H and O–H groups in total. The van der Waals surface area contributed by atoms with Gasteiger partial charge in [-0.05, 0) is 52.7 Å². The molecule has 0 aliphatic carbocycles. The van der Waals surface area contributed by atoms with Crippen molar-refractivity contribution in [1.82, 2.24) is 0 Å². The Morgan fingerprint density at radius 2 is 1.90 bits per heavy atom. The van der Waals surface area contributed by atoms with Crippen molar-refractivity contribution in [3.8, 4) is 23.3 Å². The van der Waals surface area contributed by atoms with Crippen LogP contribution in [0.4, 0.5) is 0 Å². The normalized spacial score (nSPS) is 11.6. The van der Waals surface area contributed by atoms with E-state index in [1.54, 1.807) is 43.3 Å². The van der Waals surface area contributed by atoms with Crippen LogP contribution in [0.3, 0.4) is 0 Å². The van der Waals surface area contributed by atoms with Gasteiger partial charge in [0.05, 0.1) is 29.3 Å². The fourth-order valence-electron chi connectivity index (χ4n) is 1.80. The molecule has 2 aromatic rings. The number of halogens is 1. The summed E-state index contributed by atoms with van der Waals surface area (Å²) in [5.41, 5.74) is 1.25. The zero-order chi connectivity index (χ0) is 15.4. The summed E-state index contributed by atoms with van der Waals surface area (Å²) in [6, 6.07) is 12.4. The van der Waals surface area contributed by atoms with Crippen molar-refractivity contribution in [3.63, 3.8) is 0 Å². The standard InChI is InChI=1S/C16H14BrNO3/c1-10(19)12-3-4-16(15(17)7-12)21-14-6-11(9-18)5-13(8-14)20-2/h3-8,10,19H,1-2H3/t10-/m0/s1. The molecular formula is C16H14BrNO3. The number of nitrogens with zero attached hydrogens (tertiary/aromatic N) is 1. The van der Waals surface area contributed by atoms with Crippen LogP contribution >= 0.6 is 15.9 Å². The summed E-state index contributed by atoms with van der Waals surface area (Å²) >= 11 is 3.41. The van der Waals surface area contributed by atoms with E-state index < -0.39 is 6.10 Å². The molecule has 0 fully saturated rings. The van der Waals surface area contributed by atoms with Gasteiger partial charge in [-0.2, -0.15) is 5.26 Å². The summed E-state index contributed by atoms with van der Waals surface area (Å²) in [7, 11) is 1.54. The van der Waals surface area contributed by atoms with Crippen LogP contribution in [0.2, 0.25) is 0 Å². The maximum atomic E-state index is 9.55. The molecule has 2 aromatic carbocycles. The molecular weight excluding hydrogens is 334 g/mol. The van der Waals surface area contributed by atoms with Crippen LogP contribution in [-0.4, -0.2) is 12.2 Å². The van der Waals surface area contributed by atoms with Crippen molar-refractivity contribution >= 4 is 15.9 Å². The van der Waals surface area contributed by atoms with E-state index in [0.717, 1.165) is 10.0 Å². The van der Waals surface area contributed by atoms with Gasteiger partial charge in [0, 0.05) is 6.07 Å². The van der Waals surface area contributed by atoms with Crippen LogP contribution in [0.5, 0.6) is 17.2 Å². The molecule has 0 aromatic heterocycles. The van der Waals surface area contributed by atoms with Crippen molar-refractivity contribution in [1.29, 1.82) is 5.26 Å². The third-order valence-electron chi connectivity index (χ3n) is 2.91. The molecule has 1 atom stereocenters. The fourth-order valence-corrected chi connectivity index (χ4v) is 2.28. The molecule has 108 valence electrons. The van der Waals surface area contributed by atoms with Gasteiger partial charge in [-0.1, -0.05) is 6.07 Å². The molecule has 4 nitrogen and oxygen atoms in total. The van der Waals surface area contributed by atoms with Gasteiger partial charge >= 0.3 is 0 Å². The lowest BCUT2D eigenvalue weighted by molar-refractivity contribution is 0.199. The minimum Gasteiger partial charge on any atom is -0.497 e. The second-order valence-corrected chi connectivity index (χ2v) is 5.33. The number of aliphatic hydroxyl groups excluding tert-OH is 1. The minimum atomic E-state index is -0.544. The highest BCUT2D eigenvalue weighted by Gasteiger charge is 2.09. The molecule has 0 amide bonds. The summed E-state index contributed by atoms with van der Waals surface area (Å²) in [6.45, 7) is 1.70. The molecule has 0 saturated carbocycles. The molecule has 0 saturated heterocycles. The van der Waals surface area contributed by atoms with Crippen LogP contribution in [0.15, 0.2) is 40.9 Å². The first kappa shape index (κ1) is 15.4.